The van der Waals surface area contributed by atoms with Crippen LogP contribution in [-0.2, 0) is 0 Å². The van der Waals surface area contributed by atoms with Gasteiger partial charge in [-0.25, -0.2) is 0 Å². The lowest BCUT2D eigenvalue weighted by molar-refractivity contribution is 0.169. The van der Waals surface area contributed by atoms with Gasteiger partial charge >= 0.3 is 0 Å². The highest BCUT2D eigenvalue weighted by Crippen LogP contribution is 2.06. The summed E-state index contributed by atoms with van der Waals surface area (Å²) in [5.41, 5.74) is 0. The molecule has 0 radical (unpaired) electrons. The summed E-state index contributed by atoms with van der Waals surface area (Å²) >= 11 is 0. The van der Waals surface area contributed by atoms with Crippen LogP contribution in [0.4, 0.5) is 0 Å². The fraction of sp³-hybridized carbons (Fsp3) is 1.00. The lowest BCUT2D eigenvalue weighted by Crippen LogP contribution is -2.44. The normalized spacial score (nSPS) is 27.2. The van der Waals surface area contributed by atoms with E-state index in [1.165, 1.54) is 19.3 Å². The zero-order valence-corrected chi connectivity index (χ0v) is 9.42. The first kappa shape index (κ1) is 12.0. The van der Waals surface area contributed by atoms with Crippen molar-refractivity contribution in [3.8, 4) is 0 Å². The second-order valence-corrected chi connectivity index (χ2v) is 4.54. The molecule has 84 valence electrons. The summed E-state index contributed by atoms with van der Waals surface area (Å²) in [5, 5.41) is 16.2. The van der Waals surface area contributed by atoms with Crippen LogP contribution in [0.25, 0.3) is 0 Å². The summed E-state index contributed by atoms with van der Waals surface area (Å²) in [5.74, 6) is 0. The van der Waals surface area contributed by atoms with Crippen LogP contribution in [0.5, 0.6) is 0 Å². The Labute approximate surface area is 87.3 Å². The van der Waals surface area contributed by atoms with Crippen molar-refractivity contribution in [2.45, 2.75) is 57.7 Å². The van der Waals surface area contributed by atoms with Crippen LogP contribution in [-0.4, -0.2) is 36.4 Å². The monoisotopic (exact) mass is 200 g/mol. The van der Waals surface area contributed by atoms with E-state index >= 15 is 0 Å². The van der Waals surface area contributed by atoms with Gasteiger partial charge in [-0.1, -0.05) is 6.42 Å². The van der Waals surface area contributed by atoms with E-state index in [1.807, 2.05) is 6.92 Å². The molecule has 3 unspecified atom stereocenters. The summed E-state index contributed by atoms with van der Waals surface area (Å²) in [6.45, 7) is 6.18. The zero-order chi connectivity index (χ0) is 10.4. The van der Waals surface area contributed by atoms with Crippen molar-refractivity contribution in [2.24, 2.45) is 0 Å². The molecule has 0 spiro atoms. The Kier molecular flexibility index (Phi) is 5.45. The van der Waals surface area contributed by atoms with E-state index in [2.05, 4.69) is 17.6 Å². The van der Waals surface area contributed by atoms with Crippen molar-refractivity contribution in [3.05, 3.63) is 0 Å². The number of hydrogen-bond donors (Lipinski definition) is 3. The molecule has 0 aromatic rings. The van der Waals surface area contributed by atoms with Crippen LogP contribution < -0.4 is 10.6 Å². The molecule has 1 aliphatic rings. The minimum absolute atomic E-state index is 0.197. The topological polar surface area (TPSA) is 44.3 Å². The largest absolute Gasteiger partial charge is 0.393 e. The maximum atomic E-state index is 9.20. The van der Waals surface area contributed by atoms with Gasteiger partial charge in [0.05, 0.1) is 6.10 Å². The maximum absolute atomic E-state index is 9.20. The molecule has 0 bridgehead atoms. The number of aliphatic hydroxyl groups is 1. The van der Waals surface area contributed by atoms with Crippen molar-refractivity contribution in [3.63, 3.8) is 0 Å². The molecule has 0 aliphatic carbocycles. The Morgan fingerprint density at radius 2 is 2.21 bits per heavy atom. The second-order valence-electron chi connectivity index (χ2n) is 4.54. The molecule has 0 aromatic heterocycles. The van der Waals surface area contributed by atoms with E-state index in [4.69, 9.17) is 0 Å². The number of nitrogens with one attached hydrogen (secondary N) is 2. The number of aliphatic hydroxyl groups excluding tert-OH is 1. The predicted octanol–water partition coefficient (Wildman–Crippen LogP) is 0.877. The zero-order valence-electron chi connectivity index (χ0n) is 9.42. The van der Waals surface area contributed by atoms with Crippen LogP contribution in [0.1, 0.15) is 39.5 Å². The molecule has 1 saturated heterocycles. The highest BCUT2D eigenvalue weighted by molar-refractivity contribution is 4.76. The van der Waals surface area contributed by atoms with Gasteiger partial charge in [0.25, 0.3) is 0 Å². The van der Waals surface area contributed by atoms with Crippen molar-refractivity contribution in [2.75, 3.05) is 13.1 Å². The van der Waals surface area contributed by atoms with Crippen LogP contribution in [0, 0.1) is 0 Å². The van der Waals surface area contributed by atoms with Gasteiger partial charge in [0.15, 0.2) is 0 Å². The molecule has 14 heavy (non-hydrogen) atoms. The summed E-state index contributed by atoms with van der Waals surface area (Å²) in [6.07, 6.45) is 4.60. The molecule has 1 aliphatic heterocycles. The minimum Gasteiger partial charge on any atom is -0.393 e. The number of hydrogen-bond acceptors (Lipinski definition) is 3. The Bertz CT molecular complexity index is 144. The molecule has 0 amide bonds. The van der Waals surface area contributed by atoms with Gasteiger partial charge in [0, 0.05) is 18.6 Å². The van der Waals surface area contributed by atoms with Crippen molar-refractivity contribution in [1.29, 1.82) is 0 Å². The van der Waals surface area contributed by atoms with Gasteiger partial charge < -0.3 is 15.7 Å². The third-order valence-corrected chi connectivity index (χ3v) is 2.82. The smallest absolute Gasteiger partial charge is 0.0526 e. The third kappa shape index (κ3) is 4.94. The van der Waals surface area contributed by atoms with Crippen LogP contribution >= 0.6 is 0 Å². The molecule has 1 rings (SSSR count). The summed E-state index contributed by atoms with van der Waals surface area (Å²) in [4.78, 5) is 0. The lowest BCUT2D eigenvalue weighted by atomic mass is 10.0. The number of rotatable bonds is 5. The standard InChI is InChI=1S/C11H24N2O/c1-9(7-10(2)14)13-8-11-5-3-4-6-12-11/h9-14H,3-8H2,1-2H3. The minimum atomic E-state index is -0.197. The Morgan fingerprint density at radius 3 is 2.79 bits per heavy atom. The quantitative estimate of drug-likeness (QED) is 0.617. The molecule has 3 nitrogen and oxygen atoms in total. The lowest BCUT2D eigenvalue weighted by Gasteiger charge is -2.25. The average Bonchev–Trinajstić information content (AvgIpc) is 2.15. The molecule has 3 atom stereocenters. The average molecular weight is 200 g/mol. The van der Waals surface area contributed by atoms with Crippen molar-refractivity contribution < 1.29 is 5.11 Å². The van der Waals surface area contributed by atoms with E-state index in [-0.39, 0.29) is 6.10 Å². The second kappa shape index (κ2) is 6.38. The first-order valence-corrected chi connectivity index (χ1v) is 5.83. The fourth-order valence-corrected chi connectivity index (χ4v) is 2.04. The van der Waals surface area contributed by atoms with E-state index in [9.17, 15) is 5.11 Å². The molecule has 0 aromatic carbocycles. The summed E-state index contributed by atoms with van der Waals surface area (Å²) in [6, 6.07) is 1.05. The molecule has 3 heteroatoms. The molecular weight excluding hydrogens is 176 g/mol. The van der Waals surface area contributed by atoms with Crippen molar-refractivity contribution in [1.82, 2.24) is 10.6 Å². The van der Waals surface area contributed by atoms with Gasteiger partial charge in [0.1, 0.15) is 0 Å². The van der Waals surface area contributed by atoms with Gasteiger partial charge in [-0.2, -0.15) is 0 Å². The fourth-order valence-electron chi connectivity index (χ4n) is 2.04. The first-order chi connectivity index (χ1) is 6.68. The van der Waals surface area contributed by atoms with Gasteiger partial charge in [-0.3, -0.25) is 0 Å². The molecule has 0 saturated carbocycles. The highest BCUT2D eigenvalue weighted by Gasteiger charge is 2.13. The Balaban J connectivity index is 2.06. The summed E-state index contributed by atoms with van der Waals surface area (Å²) < 4.78 is 0. The van der Waals surface area contributed by atoms with E-state index < -0.39 is 0 Å². The maximum Gasteiger partial charge on any atom is 0.0526 e. The van der Waals surface area contributed by atoms with Crippen molar-refractivity contribution >= 4 is 0 Å². The van der Waals surface area contributed by atoms with Crippen LogP contribution in [0.15, 0.2) is 0 Å². The first-order valence-electron chi connectivity index (χ1n) is 5.83. The van der Waals surface area contributed by atoms with E-state index in [1.54, 1.807) is 0 Å². The molecule has 3 N–H and O–H groups in total. The Hall–Kier alpha value is -0.120. The van der Waals surface area contributed by atoms with Gasteiger partial charge in [-0.05, 0) is 39.7 Å². The molecule has 1 fully saturated rings. The van der Waals surface area contributed by atoms with Crippen LogP contribution in [0.2, 0.25) is 0 Å². The van der Waals surface area contributed by atoms with Gasteiger partial charge in [-0.15, -0.1) is 0 Å². The SMILES string of the molecule is CC(O)CC(C)NCC1CCCCN1. The highest BCUT2D eigenvalue weighted by atomic mass is 16.3. The van der Waals surface area contributed by atoms with Crippen LogP contribution in [0.3, 0.4) is 0 Å². The van der Waals surface area contributed by atoms with Gasteiger partial charge in [0.2, 0.25) is 0 Å². The third-order valence-electron chi connectivity index (χ3n) is 2.82. The number of piperidine rings is 1. The predicted molar refractivity (Wildman–Crippen MR) is 59.4 cm³/mol. The molecule has 1 heterocycles. The summed E-state index contributed by atoms with van der Waals surface area (Å²) in [7, 11) is 0. The Morgan fingerprint density at radius 1 is 1.43 bits per heavy atom. The van der Waals surface area contributed by atoms with E-state index in [0.717, 1.165) is 19.5 Å². The van der Waals surface area contributed by atoms with E-state index in [0.29, 0.717) is 12.1 Å². The molecular formula is C11H24N2O.